The minimum Gasteiger partial charge on any atom is -0.497 e. The van der Waals surface area contributed by atoms with Gasteiger partial charge in [0.1, 0.15) is 11.5 Å². The van der Waals surface area contributed by atoms with Crippen LogP contribution in [0.4, 0.5) is 0 Å². The standard InChI is InChI=1S/C29H31NO5/c1-30(2)29(33)28(22-8-6-5-7-9-22)23(18-26(31)20-10-14-24(34-3)15-11-20)19-27(32)21-12-16-25(35-4)17-13-21/h5-17,23,28H,18-19H2,1-4H3. The molecule has 3 rings (SSSR count). The Morgan fingerprint density at radius 3 is 1.49 bits per heavy atom. The van der Waals surface area contributed by atoms with E-state index in [4.69, 9.17) is 9.47 Å². The molecule has 0 aromatic heterocycles. The topological polar surface area (TPSA) is 72.9 Å². The number of carbonyl (C=O) groups excluding carboxylic acids is 3. The van der Waals surface area contributed by atoms with Gasteiger partial charge >= 0.3 is 0 Å². The molecule has 0 aliphatic carbocycles. The average molecular weight is 474 g/mol. The number of likely N-dealkylation sites (N-methyl/N-ethyl adjacent to an activating group) is 1. The Morgan fingerprint density at radius 1 is 0.686 bits per heavy atom. The molecule has 35 heavy (non-hydrogen) atoms. The van der Waals surface area contributed by atoms with E-state index in [1.807, 2.05) is 30.3 Å². The Bertz CT molecular complexity index is 1080. The number of ether oxygens (including phenoxy) is 2. The van der Waals surface area contributed by atoms with Gasteiger partial charge < -0.3 is 14.4 Å². The van der Waals surface area contributed by atoms with Crippen LogP contribution in [0.3, 0.4) is 0 Å². The summed E-state index contributed by atoms with van der Waals surface area (Å²) in [5, 5.41) is 0. The van der Waals surface area contributed by atoms with Crippen LogP contribution in [-0.4, -0.2) is 50.7 Å². The van der Waals surface area contributed by atoms with Gasteiger partial charge in [-0.05, 0) is 60.0 Å². The number of methoxy groups -OCH3 is 2. The van der Waals surface area contributed by atoms with Crippen LogP contribution in [0.2, 0.25) is 0 Å². The summed E-state index contributed by atoms with van der Waals surface area (Å²) in [7, 11) is 6.50. The van der Waals surface area contributed by atoms with Gasteiger partial charge in [-0.1, -0.05) is 30.3 Å². The fraction of sp³-hybridized carbons (Fsp3) is 0.276. The summed E-state index contributed by atoms with van der Waals surface area (Å²) in [6, 6.07) is 23.1. The molecule has 0 N–H and O–H groups in total. The normalized spacial score (nSPS) is 11.6. The highest BCUT2D eigenvalue weighted by molar-refractivity contribution is 6.00. The number of Topliss-reactive ketones (excluding diaryl/α,β-unsaturated/α-hetero) is 2. The zero-order valence-electron chi connectivity index (χ0n) is 20.6. The minimum absolute atomic E-state index is 0.0490. The van der Waals surface area contributed by atoms with Crippen molar-refractivity contribution < 1.29 is 23.9 Å². The smallest absolute Gasteiger partial charge is 0.229 e. The first-order chi connectivity index (χ1) is 16.8. The van der Waals surface area contributed by atoms with Gasteiger partial charge in [0.05, 0.1) is 20.1 Å². The van der Waals surface area contributed by atoms with Crippen molar-refractivity contribution in [2.45, 2.75) is 18.8 Å². The van der Waals surface area contributed by atoms with E-state index in [0.29, 0.717) is 22.6 Å². The van der Waals surface area contributed by atoms with Gasteiger partial charge in [0.2, 0.25) is 5.91 Å². The third-order valence-electron chi connectivity index (χ3n) is 6.06. The fourth-order valence-electron chi connectivity index (χ4n) is 4.13. The summed E-state index contributed by atoms with van der Waals surface area (Å²) >= 11 is 0. The van der Waals surface area contributed by atoms with Crippen LogP contribution in [0.1, 0.15) is 45.0 Å². The number of nitrogens with zero attached hydrogens (tertiary/aromatic N) is 1. The molecule has 0 saturated carbocycles. The minimum atomic E-state index is -0.643. The van der Waals surface area contributed by atoms with Crippen LogP contribution in [0, 0.1) is 5.92 Å². The van der Waals surface area contributed by atoms with Crippen molar-refractivity contribution >= 4 is 17.5 Å². The first kappa shape index (κ1) is 25.7. The third-order valence-corrected chi connectivity index (χ3v) is 6.06. The van der Waals surface area contributed by atoms with E-state index in [9.17, 15) is 14.4 Å². The summed E-state index contributed by atoms with van der Waals surface area (Å²) in [6.45, 7) is 0. The number of rotatable bonds is 11. The zero-order valence-corrected chi connectivity index (χ0v) is 20.6. The number of benzene rings is 3. The van der Waals surface area contributed by atoms with Crippen LogP contribution < -0.4 is 9.47 Å². The zero-order chi connectivity index (χ0) is 25.4. The molecule has 0 aliphatic heterocycles. The van der Waals surface area contributed by atoms with E-state index in [1.54, 1.807) is 76.8 Å². The second-order valence-electron chi connectivity index (χ2n) is 8.59. The number of amides is 1. The Kier molecular flexibility index (Phi) is 8.79. The highest BCUT2D eigenvalue weighted by Gasteiger charge is 2.34. The molecule has 3 aromatic carbocycles. The lowest BCUT2D eigenvalue weighted by atomic mass is 9.77. The van der Waals surface area contributed by atoms with Gasteiger partial charge in [0.25, 0.3) is 0 Å². The molecule has 6 heteroatoms. The van der Waals surface area contributed by atoms with Crippen molar-refractivity contribution in [2.75, 3.05) is 28.3 Å². The average Bonchev–Trinajstić information content (AvgIpc) is 2.89. The Labute approximate surface area is 206 Å². The highest BCUT2D eigenvalue weighted by Crippen LogP contribution is 2.34. The summed E-state index contributed by atoms with van der Waals surface area (Å²) < 4.78 is 10.4. The van der Waals surface area contributed by atoms with Crippen LogP contribution in [-0.2, 0) is 4.79 Å². The molecule has 6 nitrogen and oxygen atoms in total. The number of carbonyl (C=O) groups is 3. The van der Waals surface area contributed by atoms with Crippen molar-refractivity contribution in [1.82, 2.24) is 4.90 Å². The van der Waals surface area contributed by atoms with E-state index < -0.39 is 11.8 Å². The lowest BCUT2D eigenvalue weighted by Crippen LogP contribution is -2.34. The first-order valence-corrected chi connectivity index (χ1v) is 11.4. The molecule has 182 valence electrons. The molecule has 1 atom stereocenters. The summed E-state index contributed by atoms with van der Waals surface area (Å²) in [6.07, 6.45) is 0.0979. The van der Waals surface area contributed by atoms with Gasteiger partial charge in [0, 0.05) is 38.1 Å². The van der Waals surface area contributed by atoms with Crippen molar-refractivity contribution in [3.05, 3.63) is 95.6 Å². The molecule has 0 radical (unpaired) electrons. The second kappa shape index (κ2) is 12.0. The van der Waals surface area contributed by atoms with E-state index in [1.165, 1.54) is 4.90 Å². The summed E-state index contributed by atoms with van der Waals surface area (Å²) in [5.74, 6) is -0.283. The molecular weight excluding hydrogens is 442 g/mol. The Balaban J connectivity index is 1.96. The van der Waals surface area contributed by atoms with Gasteiger partial charge in [0.15, 0.2) is 11.6 Å². The van der Waals surface area contributed by atoms with Gasteiger partial charge in [-0.15, -0.1) is 0 Å². The van der Waals surface area contributed by atoms with E-state index in [2.05, 4.69) is 0 Å². The lowest BCUT2D eigenvalue weighted by Gasteiger charge is -2.28. The quantitative estimate of drug-likeness (QED) is 0.365. The van der Waals surface area contributed by atoms with Crippen molar-refractivity contribution in [3.63, 3.8) is 0 Å². The fourth-order valence-corrected chi connectivity index (χ4v) is 4.13. The summed E-state index contributed by atoms with van der Waals surface area (Å²) in [5.41, 5.74) is 1.80. The molecule has 0 heterocycles. The van der Waals surface area contributed by atoms with E-state index >= 15 is 0 Å². The van der Waals surface area contributed by atoms with Crippen molar-refractivity contribution in [3.8, 4) is 11.5 Å². The van der Waals surface area contributed by atoms with Gasteiger partial charge in [-0.25, -0.2) is 0 Å². The molecule has 3 aromatic rings. The lowest BCUT2D eigenvalue weighted by molar-refractivity contribution is -0.131. The molecule has 1 amide bonds. The van der Waals surface area contributed by atoms with Crippen LogP contribution >= 0.6 is 0 Å². The number of hydrogen-bond acceptors (Lipinski definition) is 5. The summed E-state index contributed by atoms with van der Waals surface area (Å²) in [4.78, 5) is 41.5. The van der Waals surface area contributed by atoms with Gasteiger partial charge in [-0.2, -0.15) is 0 Å². The van der Waals surface area contributed by atoms with E-state index in [0.717, 1.165) is 5.56 Å². The molecule has 0 spiro atoms. The number of hydrogen-bond donors (Lipinski definition) is 0. The SMILES string of the molecule is COc1ccc(C(=O)CC(CC(=O)c2ccc(OC)cc2)C(C(=O)N(C)C)c2ccccc2)cc1. The highest BCUT2D eigenvalue weighted by atomic mass is 16.5. The predicted molar refractivity (Wildman–Crippen MR) is 135 cm³/mol. The second-order valence-corrected chi connectivity index (χ2v) is 8.59. The Hall–Kier alpha value is -3.93. The maximum atomic E-state index is 13.4. The van der Waals surface area contributed by atoms with Gasteiger partial charge in [-0.3, -0.25) is 14.4 Å². The predicted octanol–water partition coefficient (Wildman–Crippen LogP) is 5.04. The third kappa shape index (κ3) is 6.57. The van der Waals surface area contributed by atoms with Crippen LogP contribution in [0.25, 0.3) is 0 Å². The van der Waals surface area contributed by atoms with E-state index in [-0.39, 0.29) is 30.3 Å². The molecular formula is C29H31NO5. The van der Waals surface area contributed by atoms with Crippen LogP contribution in [0.5, 0.6) is 11.5 Å². The molecule has 1 unspecified atom stereocenters. The maximum absolute atomic E-state index is 13.4. The molecule has 0 saturated heterocycles. The van der Waals surface area contributed by atoms with Crippen LogP contribution in [0.15, 0.2) is 78.9 Å². The van der Waals surface area contributed by atoms with Crippen molar-refractivity contribution in [1.29, 1.82) is 0 Å². The molecule has 0 aliphatic rings. The first-order valence-electron chi connectivity index (χ1n) is 11.4. The maximum Gasteiger partial charge on any atom is 0.229 e. The number of ketones is 2. The Morgan fingerprint density at radius 2 is 1.11 bits per heavy atom. The molecule has 0 fully saturated rings. The monoisotopic (exact) mass is 473 g/mol. The van der Waals surface area contributed by atoms with Crippen molar-refractivity contribution in [2.24, 2.45) is 5.92 Å². The largest absolute Gasteiger partial charge is 0.497 e. The molecule has 0 bridgehead atoms.